The van der Waals surface area contributed by atoms with Crippen LogP contribution in [0.15, 0.2) is 23.1 Å². The lowest BCUT2D eigenvalue weighted by molar-refractivity contribution is 0.385. The summed E-state index contributed by atoms with van der Waals surface area (Å²) in [6.45, 7) is 4.18. The lowest BCUT2D eigenvalue weighted by atomic mass is 10.1. The van der Waals surface area contributed by atoms with Crippen LogP contribution >= 0.6 is 11.8 Å². The Morgan fingerprint density at radius 3 is 2.55 bits per heavy atom. The van der Waals surface area contributed by atoms with Gasteiger partial charge in [-0.15, -0.1) is 0 Å². The van der Waals surface area contributed by atoms with Crippen LogP contribution in [0.4, 0.5) is 0 Å². The number of rotatable bonds is 7. The third-order valence-corrected chi connectivity index (χ3v) is 6.39. The normalized spacial score (nSPS) is 13.7. The Morgan fingerprint density at radius 2 is 2.05 bits per heavy atom. The highest BCUT2D eigenvalue weighted by Crippen LogP contribution is 2.24. The smallest absolute Gasteiger partial charge is 0.243 e. The molecular formula is C14H24N2O2S2. The van der Waals surface area contributed by atoms with Gasteiger partial charge in [0.25, 0.3) is 0 Å². The lowest BCUT2D eigenvalue weighted by Gasteiger charge is -2.27. The molecule has 0 aliphatic rings. The summed E-state index contributed by atoms with van der Waals surface area (Å²) in [5.74, 6) is 0.794. The van der Waals surface area contributed by atoms with E-state index < -0.39 is 10.0 Å². The molecule has 20 heavy (non-hydrogen) atoms. The third-order valence-electron chi connectivity index (χ3n) is 3.62. The molecule has 1 rings (SSSR count). The molecule has 0 heterocycles. The molecule has 1 aromatic rings. The minimum absolute atomic E-state index is 0.0101. The lowest BCUT2D eigenvalue weighted by Crippen LogP contribution is -2.38. The van der Waals surface area contributed by atoms with Crippen LogP contribution in [0.2, 0.25) is 0 Å². The van der Waals surface area contributed by atoms with Crippen LogP contribution < -0.4 is 5.73 Å². The Balaban J connectivity index is 3.22. The molecule has 2 N–H and O–H groups in total. The first-order valence-corrected chi connectivity index (χ1v) is 9.49. The summed E-state index contributed by atoms with van der Waals surface area (Å²) >= 11 is 1.66. The number of hydrogen-bond donors (Lipinski definition) is 1. The number of hydrogen-bond acceptors (Lipinski definition) is 4. The van der Waals surface area contributed by atoms with Gasteiger partial charge in [-0.3, -0.25) is 0 Å². The molecule has 0 aromatic heterocycles. The standard InChI is InChI=1S/C14H24N2O2S2/c1-5-13(10-19-4)16(3)20(17,18)14-8-6-7-12(9-15)11(14)2/h6-8,13H,5,9-10,15H2,1-4H3. The van der Waals surface area contributed by atoms with Crippen LogP contribution in [-0.2, 0) is 16.6 Å². The molecule has 0 saturated heterocycles. The van der Waals surface area contributed by atoms with Gasteiger partial charge in [-0.1, -0.05) is 19.1 Å². The Morgan fingerprint density at radius 1 is 1.40 bits per heavy atom. The minimum Gasteiger partial charge on any atom is -0.326 e. The molecule has 0 aliphatic heterocycles. The molecular weight excluding hydrogens is 292 g/mol. The van der Waals surface area contributed by atoms with Crippen LogP contribution in [0.3, 0.4) is 0 Å². The SMILES string of the molecule is CCC(CSC)N(C)S(=O)(=O)c1cccc(CN)c1C. The van der Waals surface area contributed by atoms with E-state index in [4.69, 9.17) is 5.73 Å². The van der Waals surface area contributed by atoms with E-state index >= 15 is 0 Å². The van der Waals surface area contributed by atoms with E-state index in [1.54, 1.807) is 30.9 Å². The molecule has 114 valence electrons. The van der Waals surface area contributed by atoms with Gasteiger partial charge in [-0.2, -0.15) is 16.1 Å². The molecule has 0 amide bonds. The second-order valence-electron chi connectivity index (χ2n) is 4.78. The van der Waals surface area contributed by atoms with Crippen molar-refractivity contribution in [1.29, 1.82) is 0 Å². The van der Waals surface area contributed by atoms with Crippen molar-refractivity contribution in [3.63, 3.8) is 0 Å². The molecule has 1 atom stereocenters. The molecule has 0 spiro atoms. The molecule has 0 radical (unpaired) electrons. The van der Waals surface area contributed by atoms with Gasteiger partial charge in [0, 0.05) is 25.4 Å². The predicted molar refractivity (Wildman–Crippen MR) is 86.5 cm³/mol. The Bertz CT molecular complexity index is 544. The first kappa shape index (κ1) is 17.5. The Labute approximate surface area is 126 Å². The summed E-state index contributed by atoms with van der Waals surface area (Å²) in [5.41, 5.74) is 7.28. The molecule has 0 aliphatic carbocycles. The summed E-state index contributed by atoms with van der Waals surface area (Å²) in [7, 11) is -1.81. The summed E-state index contributed by atoms with van der Waals surface area (Å²) in [4.78, 5) is 0.363. The highest BCUT2D eigenvalue weighted by atomic mass is 32.2. The highest BCUT2D eigenvalue weighted by Gasteiger charge is 2.28. The third kappa shape index (κ3) is 3.55. The molecule has 1 aromatic carbocycles. The van der Waals surface area contributed by atoms with Gasteiger partial charge in [0.1, 0.15) is 0 Å². The van der Waals surface area contributed by atoms with Crippen LogP contribution in [-0.4, -0.2) is 37.8 Å². The Kier molecular flexibility index (Phi) is 6.51. The van der Waals surface area contributed by atoms with Gasteiger partial charge in [-0.05, 0) is 36.8 Å². The highest BCUT2D eigenvalue weighted by molar-refractivity contribution is 7.98. The first-order valence-electron chi connectivity index (χ1n) is 6.65. The fourth-order valence-electron chi connectivity index (χ4n) is 2.18. The zero-order valence-corrected chi connectivity index (χ0v) is 14.2. The summed E-state index contributed by atoms with van der Waals surface area (Å²) in [5, 5.41) is 0. The zero-order valence-electron chi connectivity index (χ0n) is 12.6. The van der Waals surface area contributed by atoms with Crippen LogP contribution in [0.1, 0.15) is 24.5 Å². The molecule has 0 bridgehead atoms. The average Bonchev–Trinajstić information content (AvgIpc) is 2.44. The van der Waals surface area contributed by atoms with E-state index in [1.807, 2.05) is 26.2 Å². The van der Waals surface area contributed by atoms with Gasteiger partial charge >= 0.3 is 0 Å². The zero-order chi connectivity index (χ0) is 15.3. The minimum atomic E-state index is -3.47. The molecule has 1 unspecified atom stereocenters. The maximum atomic E-state index is 12.8. The molecule has 4 nitrogen and oxygen atoms in total. The van der Waals surface area contributed by atoms with Gasteiger partial charge in [0.2, 0.25) is 10.0 Å². The maximum absolute atomic E-state index is 12.8. The van der Waals surface area contributed by atoms with Crippen LogP contribution in [0.25, 0.3) is 0 Å². The summed E-state index contributed by atoms with van der Waals surface area (Å²) in [6.07, 6.45) is 2.79. The van der Waals surface area contributed by atoms with Crippen molar-refractivity contribution in [2.75, 3.05) is 19.1 Å². The van der Waals surface area contributed by atoms with Crippen molar-refractivity contribution >= 4 is 21.8 Å². The van der Waals surface area contributed by atoms with Gasteiger partial charge in [0.15, 0.2) is 0 Å². The number of sulfonamides is 1. The number of nitrogens with zero attached hydrogens (tertiary/aromatic N) is 1. The van der Waals surface area contributed by atoms with Gasteiger partial charge < -0.3 is 5.73 Å². The van der Waals surface area contributed by atoms with Crippen molar-refractivity contribution in [3.8, 4) is 0 Å². The second-order valence-corrected chi connectivity index (χ2v) is 7.66. The fraction of sp³-hybridized carbons (Fsp3) is 0.571. The molecule has 6 heteroatoms. The van der Waals surface area contributed by atoms with Crippen molar-refractivity contribution in [2.24, 2.45) is 5.73 Å². The first-order chi connectivity index (χ1) is 9.39. The second kappa shape index (κ2) is 7.45. The van der Waals surface area contributed by atoms with Crippen molar-refractivity contribution in [3.05, 3.63) is 29.3 Å². The van der Waals surface area contributed by atoms with E-state index in [-0.39, 0.29) is 6.04 Å². The fourth-order valence-corrected chi connectivity index (χ4v) is 4.82. The predicted octanol–water partition coefficient (Wildman–Crippen LogP) is 2.22. The average molecular weight is 316 g/mol. The monoisotopic (exact) mass is 316 g/mol. The van der Waals surface area contributed by atoms with Crippen molar-refractivity contribution in [2.45, 2.75) is 37.8 Å². The summed E-state index contributed by atoms with van der Waals surface area (Å²) < 4.78 is 27.0. The molecule has 0 saturated carbocycles. The Hall–Kier alpha value is -0.560. The summed E-state index contributed by atoms with van der Waals surface area (Å²) in [6, 6.07) is 5.29. The van der Waals surface area contributed by atoms with Gasteiger partial charge in [-0.25, -0.2) is 8.42 Å². The molecule has 0 fully saturated rings. The quantitative estimate of drug-likeness (QED) is 0.838. The van der Waals surface area contributed by atoms with Crippen molar-refractivity contribution < 1.29 is 8.42 Å². The number of nitrogens with two attached hydrogens (primary N) is 1. The van der Waals surface area contributed by atoms with Gasteiger partial charge in [0.05, 0.1) is 4.90 Å². The topological polar surface area (TPSA) is 63.4 Å². The van der Waals surface area contributed by atoms with E-state index in [1.165, 1.54) is 4.31 Å². The van der Waals surface area contributed by atoms with E-state index in [0.717, 1.165) is 23.3 Å². The van der Waals surface area contributed by atoms with Crippen LogP contribution in [0, 0.1) is 6.92 Å². The number of benzene rings is 1. The largest absolute Gasteiger partial charge is 0.326 e. The maximum Gasteiger partial charge on any atom is 0.243 e. The van der Waals surface area contributed by atoms with E-state index in [9.17, 15) is 8.42 Å². The van der Waals surface area contributed by atoms with E-state index in [0.29, 0.717) is 11.4 Å². The number of thioether (sulfide) groups is 1. The van der Waals surface area contributed by atoms with E-state index in [2.05, 4.69) is 0 Å². The van der Waals surface area contributed by atoms with Crippen LogP contribution in [0.5, 0.6) is 0 Å². The van der Waals surface area contributed by atoms with Crippen molar-refractivity contribution in [1.82, 2.24) is 4.31 Å².